The zero-order valence-corrected chi connectivity index (χ0v) is 14.9. The molecule has 1 aromatic heterocycles. The van der Waals surface area contributed by atoms with Gasteiger partial charge in [0.05, 0.1) is 36.5 Å². The van der Waals surface area contributed by atoms with Crippen molar-refractivity contribution in [2.24, 2.45) is 0 Å². The zero-order chi connectivity index (χ0) is 17.9. The SMILES string of the molecule is CCn1c(C(=O)c2ccc(OC)cc2)cc(Cl)c1C(C)C(=O)OC. The molecule has 24 heavy (non-hydrogen) atoms. The van der Waals surface area contributed by atoms with Gasteiger partial charge in [0.25, 0.3) is 0 Å². The van der Waals surface area contributed by atoms with E-state index in [0.29, 0.717) is 34.3 Å². The van der Waals surface area contributed by atoms with Crippen LogP contribution in [-0.2, 0) is 16.1 Å². The highest BCUT2D eigenvalue weighted by Gasteiger charge is 2.27. The maximum atomic E-state index is 12.8. The number of aromatic nitrogens is 1. The third-order valence-corrected chi connectivity index (χ3v) is 4.26. The van der Waals surface area contributed by atoms with Gasteiger partial charge < -0.3 is 14.0 Å². The van der Waals surface area contributed by atoms with E-state index in [4.69, 9.17) is 21.1 Å². The lowest BCUT2D eigenvalue weighted by Crippen LogP contribution is -2.18. The van der Waals surface area contributed by atoms with Crippen molar-refractivity contribution in [1.82, 2.24) is 4.57 Å². The first-order chi connectivity index (χ1) is 11.4. The molecule has 0 aliphatic carbocycles. The van der Waals surface area contributed by atoms with Crippen molar-refractivity contribution >= 4 is 23.4 Å². The smallest absolute Gasteiger partial charge is 0.314 e. The third kappa shape index (κ3) is 3.31. The van der Waals surface area contributed by atoms with E-state index in [1.54, 1.807) is 48.9 Å². The van der Waals surface area contributed by atoms with Crippen LogP contribution >= 0.6 is 11.6 Å². The maximum absolute atomic E-state index is 12.8. The minimum Gasteiger partial charge on any atom is -0.497 e. The second-order valence-corrected chi connectivity index (χ2v) is 5.72. The van der Waals surface area contributed by atoms with E-state index in [1.807, 2.05) is 6.92 Å². The van der Waals surface area contributed by atoms with Gasteiger partial charge in [0.15, 0.2) is 0 Å². The minimum atomic E-state index is -0.556. The molecule has 0 amide bonds. The second kappa shape index (κ2) is 7.53. The van der Waals surface area contributed by atoms with E-state index >= 15 is 0 Å². The number of carbonyl (C=O) groups excluding carboxylic acids is 2. The maximum Gasteiger partial charge on any atom is 0.314 e. The average Bonchev–Trinajstić information content (AvgIpc) is 2.95. The summed E-state index contributed by atoms with van der Waals surface area (Å²) in [7, 11) is 2.90. The van der Waals surface area contributed by atoms with Crippen molar-refractivity contribution in [2.75, 3.05) is 14.2 Å². The first-order valence-electron chi connectivity index (χ1n) is 7.60. The van der Waals surface area contributed by atoms with Crippen LogP contribution in [0.3, 0.4) is 0 Å². The van der Waals surface area contributed by atoms with Gasteiger partial charge in [-0.15, -0.1) is 0 Å². The van der Waals surface area contributed by atoms with E-state index < -0.39 is 11.9 Å². The molecule has 2 rings (SSSR count). The van der Waals surface area contributed by atoms with Crippen LogP contribution in [0, 0.1) is 0 Å². The molecule has 1 aromatic carbocycles. The molecule has 0 aliphatic rings. The number of esters is 1. The minimum absolute atomic E-state index is 0.162. The molecule has 2 aromatic rings. The molecule has 0 radical (unpaired) electrons. The lowest BCUT2D eigenvalue weighted by Gasteiger charge is -2.15. The van der Waals surface area contributed by atoms with Gasteiger partial charge in [0, 0.05) is 12.1 Å². The molecule has 0 bridgehead atoms. The molecule has 0 N–H and O–H groups in total. The largest absolute Gasteiger partial charge is 0.497 e. The van der Waals surface area contributed by atoms with Crippen molar-refractivity contribution in [3.8, 4) is 5.75 Å². The summed E-state index contributed by atoms with van der Waals surface area (Å²) < 4.78 is 11.7. The van der Waals surface area contributed by atoms with Crippen LogP contribution in [0.15, 0.2) is 30.3 Å². The van der Waals surface area contributed by atoms with Gasteiger partial charge in [-0.1, -0.05) is 11.6 Å². The third-order valence-electron chi connectivity index (χ3n) is 3.96. The molecule has 128 valence electrons. The number of benzene rings is 1. The van der Waals surface area contributed by atoms with Crippen LogP contribution < -0.4 is 4.74 Å². The number of carbonyl (C=O) groups is 2. The number of ether oxygens (including phenoxy) is 2. The van der Waals surface area contributed by atoms with E-state index in [9.17, 15) is 9.59 Å². The van der Waals surface area contributed by atoms with Crippen LogP contribution in [0.1, 0.15) is 41.5 Å². The molecule has 1 atom stereocenters. The Bertz CT molecular complexity index is 749. The summed E-state index contributed by atoms with van der Waals surface area (Å²) in [4.78, 5) is 24.7. The summed E-state index contributed by atoms with van der Waals surface area (Å²) in [6, 6.07) is 8.46. The predicted octanol–water partition coefficient (Wildman–Crippen LogP) is 3.68. The Morgan fingerprint density at radius 1 is 1.21 bits per heavy atom. The average molecular weight is 350 g/mol. The summed E-state index contributed by atoms with van der Waals surface area (Å²) in [6.45, 7) is 4.12. The number of rotatable bonds is 6. The summed E-state index contributed by atoms with van der Waals surface area (Å²) in [6.07, 6.45) is 0. The van der Waals surface area contributed by atoms with Crippen molar-refractivity contribution in [3.05, 3.63) is 52.3 Å². The highest BCUT2D eigenvalue weighted by Crippen LogP contribution is 2.30. The summed E-state index contributed by atoms with van der Waals surface area (Å²) >= 11 is 6.30. The normalized spacial score (nSPS) is 11.9. The van der Waals surface area contributed by atoms with Crippen molar-refractivity contribution in [1.29, 1.82) is 0 Å². The highest BCUT2D eigenvalue weighted by molar-refractivity contribution is 6.32. The quantitative estimate of drug-likeness (QED) is 0.589. The molecule has 1 heterocycles. The van der Waals surface area contributed by atoms with Crippen LogP contribution in [0.4, 0.5) is 0 Å². The van der Waals surface area contributed by atoms with Gasteiger partial charge in [0.2, 0.25) is 5.78 Å². The summed E-state index contributed by atoms with van der Waals surface area (Å²) in [5, 5.41) is 0.381. The molecule has 6 heteroatoms. The fraction of sp³-hybridized carbons (Fsp3) is 0.333. The molecule has 1 unspecified atom stereocenters. The Hall–Kier alpha value is -2.27. The predicted molar refractivity (Wildman–Crippen MR) is 92.0 cm³/mol. The molecular formula is C18H20ClNO4. The van der Waals surface area contributed by atoms with Gasteiger partial charge in [0.1, 0.15) is 5.75 Å². The lowest BCUT2D eigenvalue weighted by atomic mass is 10.1. The number of halogens is 1. The van der Waals surface area contributed by atoms with Gasteiger partial charge in [-0.05, 0) is 44.2 Å². The molecule has 0 aliphatic heterocycles. The van der Waals surface area contributed by atoms with Crippen LogP contribution in [0.25, 0.3) is 0 Å². The van der Waals surface area contributed by atoms with Crippen LogP contribution in [-0.4, -0.2) is 30.5 Å². The van der Waals surface area contributed by atoms with Crippen molar-refractivity contribution in [3.63, 3.8) is 0 Å². The fourth-order valence-electron chi connectivity index (χ4n) is 2.68. The Morgan fingerprint density at radius 2 is 1.83 bits per heavy atom. The van der Waals surface area contributed by atoms with Gasteiger partial charge >= 0.3 is 5.97 Å². The van der Waals surface area contributed by atoms with Gasteiger partial charge in [-0.3, -0.25) is 9.59 Å². The molecule has 0 spiro atoms. The highest BCUT2D eigenvalue weighted by atomic mass is 35.5. The number of hydrogen-bond donors (Lipinski definition) is 0. The van der Waals surface area contributed by atoms with E-state index in [-0.39, 0.29) is 5.78 Å². The summed E-state index contributed by atoms with van der Waals surface area (Å²) in [5.74, 6) is -0.437. The van der Waals surface area contributed by atoms with Crippen molar-refractivity contribution < 1.29 is 19.1 Å². The summed E-state index contributed by atoms with van der Waals surface area (Å²) in [5.41, 5.74) is 1.55. The Balaban J connectivity index is 2.46. The van der Waals surface area contributed by atoms with Crippen LogP contribution in [0.2, 0.25) is 5.02 Å². The molecule has 0 fully saturated rings. The topological polar surface area (TPSA) is 57.5 Å². The van der Waals surface area contributed by atoms with E-state index in [0.717, 1.165) is 0 Å². The van der Waals surface area contributed by atoms with Crippen LogP contribution in [0.5, 0.6) is 5.75 Å². The van der Waals surface area contributed by atoms with Crippen molar-refractivity contribution in [2.45, 2.75) is 26.3 Å². The number of methoxy groups -OCH3 is 2. The Morgan fingerprint density at radius 3 is 2.33 bits per heavy atom. The van der Waals surface area contributed by atoms with E-state index in [2.05, 4.69) is 0 Å². The Kier molecular flexibility index (Phi) is 5.67. The first kappa shape index (κ1) is 18.1. The van der Waals surface area contributed by atoms with Gasteiger partial charge in [-0.2, -0.15) is 0 Å². The Labute approximate surface area is 146 Å². The number of ketones is 1. The zero-order valence-electron chi connectivity index (χ0n) is 14.1. The lowest BCUT2D eigenvalue weighted by molar-refractivity contribution is -0.142. The second-order valence-electron chi connectivity index (χ2n) is 5.31. The number of nitrogens with zero attached hydrogens (tertiary/aromatic N) is 1. The molecule has 5 nitrogen and oxygen atoms in total. The molecule has 0 saturated heterocycles. The first-order valence-corrected chi connectivity index (χ1v) is 7.97. The molecule has 0 saturated carbocycles. The standard InChI is InChI=1S/C18H20ClNO4/c1-5-20-15(10-14(19)16(20)11(2)18(22)24-4)17(21)12-6-8-13(23-3)9-7-12/h6-11H,5H2,1-4H3. The monoisotopic (exact) mass is 349 g/mol. The van der Waals surface area contributed by atoms with Gasteiger partial charge in [-0.25, -0.2) is 0 Å². The molecular weight excluding hydrogens is 330 g/mol. The van der Waals surface area contributed by atoms with E-state index in [1.165, 1.54) is 7.11 Å². The number of hydrogen-bond acceptors (Lipinski definition) is 4. The fourth-order valence-corrected chi connectivity index (χ4v) is 3.05.